The van der Waals surface area contributed by atoms with Gasteiger partial charge in [0.25, 0.3) is 11.7 Å². The lowest BCUT2D eigenvalue weighted by Gasteiger charge is -2.04. The molecule has 0 radical (unpaired) electrons. The van der Waals surface area contributed by atoms with Crippen molar-refractivity contribution in [2.75, 3.05) is 6.79 Å². The maximum absolute atomic E-state index is 12.2. The number of aromatic nitrogens is 4. The standard InChI is InChI=1S/C15H13N5O3/c1-9-4-5-20-15(17-9)18-13(19-20)14(21)16-7-10-2-3-11-12(6-10)23-8-22-11/h2-6H,7-8H2,1H3,(H,16,21). The van der Waals surface area contributed by atoms with E-state index in [0.717, 1.165) is 11.3 Å². The number of nitrogens with one attached hydrogen (secondary N) is 1. The second kappa shape index (κ2) is 5.24. The molecule has 3 heterocycles. The molecule has 3 aromatic rings. The van der Waals surface area contributed by atoms with Gasteiger partial charge in [-0.15, -0.1) is 5.10 Å². The minimum Gasteiger partial charge on any atom is -0.454 e. The number of carbonyl (C=O) groups excluding carboxylic acids is 1. The molecule has 1 aliphatic rings. The molecule has 116 valence electrons. The quantitative estimate of drug-likeness (QED) is 0.778. The summed E-state index contributed by atoms with van der Waals surface area (Å²) in [6.07, 6.45) is 1.72. The van der Waals surface area contributed by atoms with E-state index in [2.05, 4.69) is 20.4 Å². The highest BCUT2D eigenvalue weighted by atomic mass is 16.7. The van der Waals surface area contributed by atoms with Crippen molar-refractivity contribution in [1.29, 1.82) is 0 Å². The predicted octanol–water partition coefficient (Wildman–Crippen LogP) is 1.09. The van der Waals surface area contributed by atoms with Crippen molar-refractivity contribution in [2.24, 2.45) is 0 Å². The van der Waals surface area contributed by atoms with Crippen LogP contribution in [0.1, 0.15) is 21.9 Å². The number of fused-ring (bicyclic) bond motifs is 2. The predicted molar refractivity (Wildman–Crippen MR) is 79.3 cm³/mol. The first-order chi connectivity index (χ1) is 11.2. The largest absolute Gasteiger partial charge is 0.454 e. The molecule has 2 aromatic heterocycles. The molecule has 0 spiro atoms. The average molecular weight is 311 g/mol. The monoisotopic (exact) mass is 311 g/mol. The van der Waals surface area contributed by atoms with E-state index in [1.54, 1.807) is 12.3 Å². The first kappa shape index (κ1) is 13.5. The van der Waals surface area contributed by atoms with Gasteiger partial charge in [0, 0.05) is 18.4 Å². The fourth-order valence-electron chi connectivity index (χ4n) is 2.27. The van der Waals surface area contributed by atoms with Gasteiger partial charge in [-0.3, -0.25) is 4.79 Å². The van der Waals surface area contributed by atoms with Crippen LogP contribution in [0.3, 0.4) is 0 Å². The average Bonchev–Trinajstić information content (AvgIpc) is 3.17. The van der Waals surface area contributed by atoms with Crippen molar-refractivity contribution in [2.45, 2.75) is 13.5 Å². The molecule has 0 fully saturated rings. The lowest BCUT2D eigenvalue weighted by Crippen LogP contribution is -2.24. The number of benzene rings is 1. The molecule has 0 atom stereocenters. The molecule has 0 saturated carbocycles. The van der Waals surface area contributed by atoms with Crippen LogP contribution in [-0.2, 0) is 6.54 Å². The number of rotatable bonds is 3. The van der Waals surface area contributed by atoms with Gasteiger partial charge in [0.15, 0.2) is 11.5 Å². The van der Waals surface area contributed by atoms with Gasteiger partial charge in [-0.2, -0.15) is 4.98 Å². The first-order valence-corrected chi connectivity index (χ1v) is 7.06. The second-order valence-corrected chi connectivity index (χ2v) is 5.12. The van der Waals surface area contributed by atoms with Crippen LogP contribution in [-0.4, -0.2) is 32.3 Å². The normalized spacial score (nSPS) is 12.6. The van der Waals surface area contributed by atoms with E-state index in [1.807, 2.05) is 25.1 Å². The lowest BCUT2D eigenvalue weighted by molar-refractivity contribution is 0.0940. The third kappa shape index (κ3) is 2.54. The Bertz CT molecular complexity index is 905. The number of nitrogens with zero attached hydrogens (tertiary/aromatic N) is 4. The molecule has 4 rings (SSSR count). The summed E-state index contributed by atoms with van der Waals surface area (Å²) in [4.78, 5) is 20.5. The van der Waals surface area contributed by atoms with E-state index in [1.165, 1.54) is 4.52 Å². The molecule has 0 bridgehead atoms. The summed E-state index contributed by atoms with van der Waals surface area (Å²) in [6.45, 7) is 2.42. The lowest BCUT2D eigenvalue weighted by atomic mass is 10.2. The van der Waals surface area contributed by atoms with Gasteiger partial charge in [0.2, 0.25) is 12.6 Å². The molecule has 8 heteroatoms. The highest BCUT2D eigenvalue weighted by Gasteiger charge is 2.15. The smallest absolute Gasteiger partial charge is 0.291 e. The topological polar surface area (TPSA) is 90.6 Å². The molecule has 0 saturated heterocycles. The van der Waals surface area contributed by atoms with Crippen LogP contribution in [0.15, 0.2) is 30.5 Å². The molecule has 1 N–H and O–H groups in total. The number of amides is 1. The van der Waals surface area contributed by atoms with E-state index in [9.17, 15) is 4.79 Å². The minimum atomic E-state index is -0.356. The van der Waals surface area contributed by atoms with Gasteiger partial charge in [-0.1, -0.05) is 6.07 Å². The molecular weight excluding hydrogens is 298 g/mol. The number of carbonyl (C=O) groups is 1. The van der Waals surface area contributed by atoms with Gasteiger partial charge >= 0.3 is 0 Å². The van der Waals surface area contributed by atoms with Gasteiger partial charge in [-0.25, -0.2) is 9.50 Å². The summed E-state index contributed by atoms with van der Waals surface area (Å²) in [5.74, 6) is 1.53. The summed E-state index contributed by atoms with van der Waals surface area (Å²) < 4.78 is 12.0. The van der Waals surface area contributed by atoms with E-state index < -0.39 is 0 Å². The Hall–Kier alpha value is -3.16. The maximum atomic E-state index is 12.2. The van der Waals surface area contributed by atoms with Crippen LogP contribution in [0, 0.1) is 6.92 Å². The van der Waals surface area contributed by atoms with Crippen molar-refractivity contribution in [3.63, 3.8) is 0 Å². The molecule has 1 amide bonds. The summed E-state index contributed by atoms with van der Waals surface area (Å²) in [6, 6.07) is 7.33. The highest BCUT2D eigenvalue weighted by Crippen LogP contribution is 2.32. The van der Waals surface area contributed by atoms with E-state index >= 15 is 0 Å². The number of hydrogen-bond acceptors (Lipinski definition) is 6. The number of ether oxygens (including phenoxy) is 2. The van der Waals surface area contributed by atoms with Gasteiger partial charge in [0.1, 0.15) is 0 Å². The Morgan fingerprint density at radius 2 is 2.13 bits per heavy atom. The second-order valence-electron chi connectivity index (χ2n) is 5.12. The first-order valence-electron chi connectivity index (χ1n) is 7.06. The Morgan fingerprint density at radius 3 is 3.04 bits per heavy atom. The Morgan fingerprint density at radius 1 is 1.26 bits per heavy atom. The van der Waals surface area contributed by atoms with Gasteiger partial charge in [0.05, 0.1) is 0 Å². The van der Waals surface area contributed by atoms with Crippen molar-refractivity contribution < 1.29 is 14.3 Å². The Labute approximate surface area is 131 Å². The molecule has 0 aliphatic carbocycles. The van der Waals surface area contributed by atoms with Crippen molar-refractivity contribution in [1.82, 2.24) is 24.9 Å². The fraction of sp³-hybridized carbons (Fsp3) is 0.200. The molecule has 0 unspecified atom stereocenters. The fourth-order valence-corrected chi connectivity index (χ4v) is 2.27. The SMILES string of the molecule is Cc1ccn2nc(C(=O)NCc3ccc4c(c3)OCO4)nc2n1. The van der Waals surface area contributed by atoms with Crippen molar-refractivity contribution in [3.05, 3.63) is 47.5 Å². The Kier molecular flexibility index (Phi) is 3.07. The summed E-state index contributed by atoms with van der Waals surface area (Å²) >= 11 is 0. The van der Waals surface area contributed by atoms with E-state index in [-0.39, 0.29) is 18.5 Å². The molecule has 23 heavy (non-hydrogen) atoms. The van der Waals surface area contributed by atoms with Crippen LogP contribution in [0.2, 0.25) is 0 Å². The van der Waals surface area contributed by atoms with Crippen LogP contribution in [0.4, 0.5) is 0 Å². The summed E-state index contributed by atoms with van der Waals surface area (Å²) in [7, 11) is 0. The van der Waals surface area contributed by atoms with E-state index in [4.69, 9.17) is 9.47 Å². The Balaban J connectivity index is 1.48. The summed E-state index contributed by atoms with van der Waals surface area (Å²) in [5, 5.41) is 6.89. The van der Waals surface area contributed by atoms with Crippen molar-refractivity contribution in [3.8, 4) is 11.5 Å². The van der Waals surface area contributed by atoms with Crippen LogP contribution in [0.25, 0.3) is 5.78 Å². The van der Waals surface area contributed by atoms with Gasteiger partial charge in [-0.05, 0) is 30.7 Å². The van der Waals surface area contributed by atoms with Crippen LogP contribution in [0.5, 0.6) is 11.5 Å². The molecule has 8 nitrogen and oxygen atoms in total. The minimum absolute atomic E-state index is 0.0869. The highest BCUT2D eigenvalue weighted by molar-refractivity contribution is 5.90. The third-order valence-corrected chi connectivity index (χ3v) is 3.44. The number of aryl methyl sites for hydroxylation is 1. The summed E-state index contributed by atoms with van der Waals surface area (Å²) in [5.41, 5.74) is 1.72. The third-order valence-electron chi connectivity index (χ3n) is 3.44. The zero-order valence-electron chi connectivity index (χ0n) is 12.3. The zero-order chi connectivity index (χ0) is 15.8. The van der Waals surface area contributed by atoms with Crippen molar-refractivity contribution >= 4 is 11.7 Å². The zero-order valence-corrected chi connectivity index (χ0v) is 12.3. The molecular formula is C15H13N5O3. The van der Waals surface area contributed by atoms with Gasteiger partial charge < -0.3 is 14.8 Å². The molecule has 1 aliphatic heterocycles. The number of hydrogen-bond donors (Lipinski definition) is 1. The van der Waals surface area contributed by atoms with Crippen LogP contribution >= 0.6 is 0 Å². The van der Waals surface area contributed by atoms with E-state index in [0.29, 0.717) is 23.8 Å². The maximum Gasteiger partial charge on any atom is 0.291 e. The molecule has 1 aromatic carbocycles. The van der Waals surface area contributed by atoms with Crippen LogP contribution < -0.4 is 14.8 Å².